The summed E-state index contributed by atoms with van der Waals surface area (Å²) in [6.45, 7) is 7.90. The minimum Gasteiger partial charge on any atom is -0.496 e. The van der Waals surface area contributed by atoms with Crippen LogP contribution in [0.15, 0.2) is 18.2 Å². The number of methoxy groups -OCH3 is 1. The molecule has 2 rings (SSSR count). The maximum atomic E-state index is 5.74. The van der Waals surface area contributed by atoms with Crippen LogP contribution in [0.5, 0.6) is 5.75 Å². The lowest BCUT2D eigenvalue weighted by molar-refractivity contribution is 0.252. The average molecular weight is 306 g/mol. The molecule has 0 bridgehead atoms. The van der Waals surface area contributed by atoms with Gasteiger partial charge in [0, 0.05) is 17.7 Å². The third-order valence-electron chi connectivity index (χ3n) is 4.39. The molecule has 1 fully saturated rings. The third kappa shape index (κ3) is 4.42. The summed E-state index contributed by atoms with van der Waals surface area (Å²) in [5, 5.41) is 0. The topological polar surface area (TPSA) is 38.5 Å². The van der Waals surface area contributed by atoms with Gasteiger partial charge in [0.15, 0.2) is 0 Å². The van der Waals surface area contributed by atoms with Crippen LogP contribution in [0.4, 0.5) is 0 Å². The van der Waals surface area contributed by atoms with Gasteiger partial charge < -0.3 is 10.5 Å². The van der Waals surface area contributed by atoms with Crippen LogP contribution in [0, 0.1) is 5.41 Å². The summed E-state index contributed by atoms with van der Waals surface area (Å²) in [7, 11) is 1.71. The van der Waals surface area contributed by atoms with Crippen molar-refractivity contribution >= 4 is 17.2 Å². The van der Waals surface area contributed by atoms with Crippen molar-refractivity contribution in [1.82, 2.24) is 4.90 Å². The molecular weight excluding hydrogens is 280 g/mol. The molecule has 2 N–H and O–H groups in total. The van der Waals surface area contributed by atoms with Gasteiger partial charge in [0.2, 0.25) is 0 Å². The zero-order valence-corrected chi connectivity index (χ0v) is 14.1. The third-order valence-corrected chi connectivity index (χ3v) is 4.63. The van der Waals surface area contributed by atoms with Crippen LogP contribution in [0.25, 0.3) is 0 Å². The first-order chi connectivity index (χ1) is 9.91. The minimum absolute atomic E-state index is 0.441. The molecule has 0 aliphatic carbocycles. The lowest BCUT2D eigenvalue weighted by Crippen LogP contribution is -2.25. The van der Waals surface area contributed by atoms with Crippen molar-refractivity contribution in [3.05, 3.63) is 29.3 Å². The molecule has 1 aromatic carbocycles. The minimum atomic E-state index is 0.441. The van der Waals surface area contributed by atoms with E-state index in [4.69, 9.17) is 22.7 Å². The van der Waals surface area contributed by atoms with Gasteiger partial charge in [0.05, 0.1) is 7.11 Å². The number of hydrogen-bond donors (Lipinski definition) is 1. The van der Waals surface area contributed by atoms with Crippen molar-refractivity contribution in [2.75, 3.05) is 20.2 Å². The Hall–Kier alpha value is -1.13. The van der Waals surface area contributed by atoms with E-state index >= 15 is 0 Å². The number of nitrogens with zero attached hydrogens (tertiary/aromatic N) is 1. The van der Waals surface area contributed by atoms with E-state index in [1.807, 2.05) is 12.1 Å². The monoisotopic (exact) mass is 306 g/mol. The van der Waals surface area contributed by atoms with Gasteiger partial charge in [-0.15, -0.1) is 0 Å². The number of hydrogen-bond acceptors (Lipinski definition) is 3. The Morgan fingerprint density at radius 1 is 1.33 bits per heavy atom. The molecule has 0 atom stereocenters. The van der Waals surface area contributed by atoms with Gasteiger partial charge in [-0.3, -0.25) is 4.90 Å². The zero-order valence-electron chi connectivity index (χ0n) is 13.3. The highest BCUT2D eigenvalue weighted by atomic mass is 32.1. The first-order valence-corrected chi connectivity index (χ1v) is 8.01. The summed E-state index contributed by atoms with van der Waals surface area (Å²) in [6.07, 6.45) is 3.79. The molecule has 3 nitrogen and oxygen atoms in total. The Kier molecular flexibility index (Phi) is 5.22. The second-order valence-electron chi connectivity index (χ2n) is 6.68. The Bertz CT molecular complexity index is 514. The molecule has 0 radical (unpaired) electrons. The van der Waals surface area contributed by atoms with Crippen molar-refractivity contribution < 1.29 is 4.74 Å². The van der Waals surface area contributed by atoms with Crippen molar-refractivity contribution in [1.29, 1.82) is 0 Å². The molecule has 1 saturated heterocycles. The second kappa shape index (κ2) is 6.75. The highest BCUT2D eigenvalue weighted by molar-refractivity contribution is 7.80. The number of benzene rings is 1. The summed E-state index contributed by atoms with van der Waals surface area (Å²) < 4.78 is 5.48. The van der Waals surface area contributed by atoms with E-state index in [-0.39, 0.29) is 0 Å². The van der Waals surface area contributed by atoms with Crippen LogP contribution in [-0.2, 0) is 6.54 Å². The van der Waals surface area contributed by atoms with Crippen LogP contribution in [0.1, 0.15) is 44.2 Å². The van der Waals surface area contributed by atoms with E-state index in [0.29, 0.717) is 10.4 Å². The first kappa shape index (κ1) is 16.2. The Balaban J connectivity index is 2.14. The maximum absolute atomic E-state index is 5.74. The fraction of sp³-hybridized carbons (Fsp3) is 0.588. The van der Waals surface area contributed by atoms with E-state index < -0.39 is 0 Å². The SMILES string of the molecule is COc1ccc(C(N)=S)cc1CN1CCCC(C)(C)CC1. The molecule has 1 aromatic rings. The van der Waals surface area contributed by atoms with Crippen molar-refractivity contribution in [3.8, 4) is 5.75 Å². The molecule has 1 aliphatic heterocycles. The van der Waals surface area contributed by atoms with Crippen LogP contribution in [0.3, 0.4) is 0 Å². The molecular formula is C17H26N2OS. The van der Waals surface area contributed by atoms with Crippen molar-refractivity contribution in [2.45, 2.75) is 39.7 Å². The van der Waals surface area contributed by atoms with Gasteiger partial charge in [-0.2, -0.15) is 0 Å². The smallest absolute Gasteiger partial charge is 0.123 e. The molecule has 0 spiro atoms. The Morgan fingerprint density at radius 2 is 2.10 bits per heavy atom. The fourth-order valence-corrected chi connectivity index (χ4v) is 3.06. The normalized spacial score (nSPS) is 19.0. The van der Waals surface area contributed by atoms with Gasteiger partial charge in [0.25, 0.3) is 0 Å². The van der Waals surface area contributed by atoms with E-state index in [2.05, 4.69) is 24.8 Å². The summed E-state index contributed by atoms with van der Waals surface area (Å²) in [6, 6.07) is 5.96. The Morgan fingerprint density at radius 3 is 2.76 bits per heavy atom. The van der Waals surface area contributed by atoms with Gasteiger partial charge in [-0.05, 0) is 56.0 Å². The van der Waals surface area contributed by atoms with Gasteiger partial charge in [-0.25, -0.2) is 0 Å². The highest BCUT2D eigenvalue weighted by Crippen LogP contribution is 2.31. The molecule has 21 heavy (non-hydrogen) atoms. The number of thiocarbonyl (C=S) groups is 1. The number of nitrogens with two attached hydrogens (primary N) is 1. The molecule has 0 amide bonds. The van der Waals surface area contributed by atoms with Crippen LogP contribution in [-0.4, -0.2) is 30.1 Å². The predicted molar refractivity (Wildman–Crippen MR) is 91.8 cm³/mol. The zero-order chi connectivity index (χ0) is 15.5. The summed E-state index contributed by atoms with van der Waals surface area (Å²) >= 11 is 5.08. The fourth-order valence-electron chi connectivity index (χ4n) is 2.93. The largest absolute Gasteiger partial charge is 0.496 e. The maximum Gasteiger partial charge on any atom is 0.123 e. The summed E-state index contributed by atoms with van der Waals surface area (Å²) in [5.74, 6) is 0.915. The quantitative estimate of drug-likeness (QED) is 0.866. The van der Waals surface area contributed by atoms with Gasteiger partial charge >= 0.3 is 0 Å². The molecule has 0 aromatic heterocycles. The summed E-state index contributed by atoms with van der Waals surface area (Å²) in [5.41, 5.74) is 8.28. The van der Waals surface area contributed by atoms with Crippen LogP contribution in [0.2, 0.25) is 0 Å². The standard InChI is InChI=1S/C17H26N2OS/c1-17(2)7-4-9-19(10-8-17)12-14-11-13(16(18)21)5-6-15(14)20-3/h5-6,11H,4,7-10,12H2,1-3H3,(H2,18,21). The lowest BCUT2D eigenvalue weighted by atomic mass is 9.85. The first-order valence-electron chi connectivity index (χ1n) is 7.60. The predicted octanol–water partition coefficient (Wildman–Crippen LogP) is 3.34. The molecule has 1 aliphatic rings. The molecule has 0 unspecified atom stereocenters. The van der Waals surface area contributed by atoms with E-state index in [1.165, 1.54) is 24.8 Å². The van der Waals surface area contributed by atoms with E-state index in [0.717, 1.165) is 30.9 Å². The summed E-state index contributed by atoms with van der Waals surface area (Å²) in [4.78, 5) is 2.95. The highest BCUT2D eigenvalue weighted by Gasteiger charge is 2.23. The number of ether oxygens (including phenoxy) is 1. The number of rotatable bonds is 4. The van der Waals surface area contributed by atoms with Gasteiger partial charge in [0.1, 0.15) is 10.7 Å². The second-order valence-corrected chi connectivity index (χ2v) is 7.12. The van der Waals surface area contributed by atoms with Crippen molar-refractivity contribution in [2.24, 2.45) is 11.1 Å². The molecule has 0 saturated carbocycles. The van der Waals surface area contributed by atoms with E-state index in [9.17, 15) is 0 Å². The van der Waals surface area contributed by atoms with Crippen LogP contribution >= 0.6 is 12.2 Å². The van der Waals surface area contributed by atoms with Crippen LogP contribution < -0.4 is 10.5 Å². The van der Waals surface area contributed by atoms with E-state index in [1.54, 1.807) is 7.11 Å². The average Bonchev–Trinajstić information content (AvgIpc) is 2.60. The number of likely N-dealkylation sites (tertiary alicyclic amines) is 1. The Labute approximate surface area is 133 Å². The van der Waals surface area contributed by atoms with Gasteiger partial charge in [-0.1, -0.05) is 26.1 Å². The molecule has 4 heteroatoms. The lowest BCUT2D eigenvalue weighted by Gasteiger charge is -2.24. The molecule has 116 valence electrons. The molecule has 1 heterocycles. The van der Waals surface area contributed by atoms with Crippen molar-refractivity contribution in [3.63, 3.8) is 0 Å².